The van der Waals surface area contributed by atoms with E-state index in [0.717, 1.165) is 40.7 Å². The average molecular weight is 361 g/mol. The van der Waals surface area contributed by atoms with Crippen LogP contribution in [-0.2, 0) is 6.54 Å². The Kier molecular flexibility index (Phi) is 4.30. The fourth-order valence-corrected chi connectivity index (χ4v) is 3.57. The second kappa shape index (κ2) is 6.65. The molecule has 1 aliphatic carbocycles. The molecule has 5 nitrogen and oxygen atoms in total. The minimum absolute atomic E-state index is 0.0359. The molecule has 27 heavy (non-hydrogen) atoms. The third kappa shape index (κ3) is 3.14. The average Bonchev–Trinajstić information content (AvgIpc) is 3.51. The van der Waals surface area contributed by atoms with Crippen LogP contribution in [0.5, 0.6) is 0 Å². The standard InChI is InChI=1S/C22H23N3O2/c1-4-25-20-10-8-16(11-19(20)18(12-21(25)26)15-6-7-15)22(27)24(3)17-9-5-14(2)23-13-17/h5,8-13,15H,4,6-7H2,1-3H3. The van der Waals surface area contributed by atoms with Crippen LogP contribution in [0.3, 0.4) is 0 Å². The molecule has 0 N–H and O–H groups in total. The Hall–Kier alpha value is -2.95. The van der Waals surface area contributed by atoms with Crippen molar-refractivity contribution in [3.05, 3.63) is 69.8 Å². The number of carbonyl (C=O) groups excluding carboxylic acids is 1. The number of pyridine rings is 2. The molecular formula is C22H23N3O2. The van der Waals surface area contributed by atoms with E-state index in [1.54, 1.807) is 28.8 Å². The van der Waals surface area contributed by atoms with Gasteiger partial charge in [0.25, 0.3) is 11.5 Å². The Bertz CT molecular complexity index is 1080. The Morgan fingerprint density at radius 2 is 2.00 bits per heavy atom. The molecule has 1 aromatic carbocycles. The molecule has 5 heteroatoms. The summed E-state index contributed by atoms with van der Waals surface area (Å²) in [4.78, 5) is 31.3. The van der Waals surface area contributed by atoms with Crippen molar-refractivity contribution < 1.29 is 4.79 Å². The number of hydrogen-bond acceptors (Lipinski definition) is 3. The zero-order valence-corrected chi connectivity index (χ0v) is 15.9. The lowest BCUT2D eigenvalue weighted by atomic mass is 10.0. The summed E-state index contributed by atoms with van der Waals surface area (Å²) in [5.41, 5.74) is 4.31. The summed E-state index contributed by atoms with van der Waals surface area (Å²) in [5, 5.41) is 1.01. The van der Waals surface area contributed by atoms with E-state index in [0.29, 0.717) is 18.0 Å². The van der Waals surface area contributed by atoms with Crippen LogP contribution in [0.15, 0.2) is 47.4 Å². The first-order chi connectivity index (χ1) is 13.0. The highest BCUT2D eigenvalue weighted by Crippen LogP contribution is 2.42. The molecule has 0 spiro atoms. The second-order valence-electron chi connectivity index (χ2n) is 7.21. The maximum Gasteiger partial charge on any atom is 0.258 e. The smallest absolute Gasteiger partial charge is 0.258 e. The molecule has 2 aromatic heterocycles. The Morgan fingerprint density at radius 3 is 2.63 bits per heavy atom. The van der Waals surface area contributed by atoms with Crippen molar-refractivity contribution in [3.8, 4) is 0 Å². The van der Waals surface area contributed by atoms with Gasteiger partial charge in [-0.1, -0.05) is 0 Å². The SMILES string of the molecule is CCn1c(=O)cc(C2CC2)c2cc(C(=O)N(C)c3ccc(C)nc3)ccc21. The number of benzene rings is 1. The summed E-state index contributed by atoms with van der Waals surface area (Å²) in [6, 6.07) is 11.2. The molecule has 0 aliphatic heterocycles. The lowest BCUT2D eigenvalue weighted by molar-refractivity contribution is 0.0993. The quantitative estimate of drug-likeness (QED) is 0.709. The Morgan fingerprint density at radius 1 is 1.22 bits per heavy atom. The Labute approximate surface area is 158 Å². The van der Waals surface area contributed by atoms with Crippen LogP contribution in [-0.4, -0.2) is 22.5 Å². The van der Waals surface area contributed by atoms with Crippen LogP contribution >= 0.6 is 0 Å². The van der Waals surface area contributed by atoms with Gasteiger partial charge < -0.3 is 9.47 Å². The van der Waals surface area contributed by atoms with Crippen LogP contribution in [0.1, 0.15) is 47.3 Å². The minimum atomic E-state index is -0.0847. The highest BCUT2D eigenvalue weighted by Gasteiger charge is 2.27. The van der Waals surface area contributed by atoms with Gasteiger partial charge in [0.05, 0.1) is 17.4 Å². The summed E-state index contributed by atoms with van der Waals surface area (Å²) in [6.07, 6.45) is 3.92. The van der Waals surface area contributed by atoms with E-state index in [4.69, 9.17) is 0 Å². The molecule has 0 unspecified atom stereocenters. The molecule has 1 saturated carbocycles. The third-order valence-corrected chi connectivity index (χ3v) is 5.31. The number of nitrogens with zero attached hydrogens (tertiary/aromatic N) is 3. The summed E-state index contributed by atoms with van der Waals surface area (Å²) >= 11 is 0. The van der Waals surface area contributed by atoms with Gasteiger partial charge in [-0.05, 0) is 68.5 Å². The van der Waals surface area contributed by atoms with Gasteiger partial charge in [0.15, 0.2) is 0 Å². The molecule has 0 saturated heterocycles. The third-order valence-electron chi connectivity index (χ3n) is 5.31. The van der Waals surface area contributed by atoms with Crippen molar-refractivity contribution >= 4 is 22.5 Å². The van der Waals surface area contributed by atoms with Gasteiger partial charge >= 0.3 is 0 Å². The number of aromatic nitrogens is 2. The van der Waals surface area contributed by atoms with Gasteiger partial charge in [0.1, 0.15) is 0 Å². The number of fused-ring (bicyclic) bond motifs is 1. The van der Waals surface area contributed by atoms with E-state index in [1.807, 2.05) is 44.2 Å². The second-order valence-corrected chi connectivity index (χ2v) is 7.21. The summed E-state index contributed by atoms with van der Waals surface area (Å²) in [6.45, 7) is 4.50. The van der Waals surface area contributed by atoms with Crippen molar-refractivity contribution in [2.75, 3.05) is 11.9 Å². The van der Waals surface area contributed by atoms with E-state index in [1.165, 1.54) is 0 Å². The predicted molar refractivity (Wildman–Crippen MR) is 108 cm³/mol. The molecule has 0 bridgehead atoms. The Balaban J connectivity index is 1.79. The van der Waals surface area contributed by atoms with Crippen LogP contribution in [0.4, 0.5) is 5.69 Å². The van der Waals surface area contributed by atoms with E-state index in [-0.39, 0.29) is 11.5 Å². The molecule has 1 fully saturated rings. The minimum Gasteiger partial charge on any atom is -0.310 e. The lowest BCUT2D eigenvalue weighted by Gasteiger charge is -2.18. The molecule has 3 aromatic rings. The number of aryl methyl sites for hydroxylation is 2. The summed E-state index contributed by atoms with van der Waals surface area (Å²) in [7, 11) is 1.76. The predicted octanol–water partition coefficient (Wildman–Crippen LogP) is 3.88. The number of hydrogen-bond donors (Lipinski definition) is 0. The van der Waals surface area contributed by atoms with Crippen molar-refractivity contribution in [1.29, 1.82) is 0 Å². The van der Waals surface area contributed by atoms with Gasteiger partial charge in [-0.2, -0.15) is 0 Å². The van der Waals surface area contributed by atoms with E-state index >= 15 is 0 Å². The maximum absolute atomic E-state index is 13.0. The lowest BCUT2D eigenvalue weighted by Crippen LogP contribution is -2.26. The highest BCUT2D eigenvalue weighted by molar-refractivity contribution is 6.07. The van der Waals surface area contributed by atoms with Gasteiger partial charge in [-0.15, -0.1) is 0 Å². The fourth-order valence-electron chi connectivity index (χ4n) is 3.57. The van der Waals surface area contributed by atoms with E-state index < -0.39 is 0 Å². The van der Waals surface area contributed by atoms with Crippen molar-refractivity contribution in [2.24, 2.45) is 0 Å². The van der Waals surface area contributed by atoms with Gasteiger partial charge in [-0.3, -0.25) is 14.6 Å². The summed E-state index contributed by atoms with van der Waals surface area (Å²) in [5.74, 6) is 0.356. The van der Waals surface area contributed by atoms with Crippen LogP contribution in [0.25, 0.3) is 10.9 Å². The van der Waals surface area contributed by atoms with Crippen LogP contribution < -0.4 is 10.5 Å². The first-order valence-corrected chi connectivity index (χ1v) is 9.37. The number of amides is 1. The molecule has 0 atom stereocenters. The zero-order valence-electron chi connectivity index (χ0n) is 15.9. The van der Waals surface area contributed by atoms with Crippen LogP contribution in [0, 0.1) is 6.92 Å². The summed E-state index contributed by atoms with van der Waals surface area (Å²) < 4.78 is 1.77. The monoisotopic (exact) mass is 361 g/mol. The van der Waals surface area contributed by atoms with Crippen molar-refractivity contribution in [1.82, 2.24) is 9.55 Å². The van der Waals surface area contributed by atoms with Gasteiger partial charge in [0, 0.05) is 36.3 Å². The van der Waals surface area contributed by atoms with Crippen LogP contribution in [0.2, 0.25) is 0 Å². The number of carbonyl (C=O) groups is 1. The van der Waals surface area contributed by atoms with E-state index in [2.05, 4.69) is 4.98 Å². The number of rotatable bonds is 4. The molecular weight excluding hydrogens is 338 g/mol. The van der Waals surface area contributed by atoms with Gasteiger partial charge in [0.2, 0.25) is 0 Å². The highest BCUT2D eigenvalue weighted by atomic mass is 16.2. The molecule has 0 radical (unpaired) electrons. The first-order valence-electron chi connectivity index (χ1n) is 9.37. The maximum atomic E-state index is 13.0. The fraction of sp³-hybridized carbons (Fsp3) is 0.318. The normalized spacial score (nSPS) is 13.7. The van der Waals surface area contributed by atoms with Crippen molar-refractivity contribution in [2.45, 2.75) is 39.2 Å². The molecule has 1 aliphatic rings. The molecule has 4 rings (SSSR count). The molecule has 2 heterocycles. The topological polar surface area (TPSA) is 55.2 Å². The zero-order chi connectivity index (χ0) is 19.1. The molecule has 138 valence electrons. The molecule has 1 amide bonds. The van der Waals surface area contributed by atoms with E-state index in [9.17, 15) is 9.59 Å². The largest absolute Gasteiger partial charge is 0.310 e. The van der Waals surface area contributed by atoms with Gasteiger partial charge in [-0.25, -0.2) is 0 Å². The first kappa shape index (κ1) is 17.5. The van der Waals surface area contributed by atoms with Crippen molar-refractivity contribution in [3.63, 3.8) is 0 Å². The number of anilines is 1.